The van der Waals surface area contributed by atoms with E-state index in [2.05, 4.69) is 0 Å². The van der Waals surface area contributed by atoms with Crippen LogP contribution in [0.3, 0.4) is 0 Å². The third-order valence-electron chi connectivity index (χ3n) is 3.34. The number of methoxy groups -OCH3 is 1. The van der Waals surface area contributed by atoms with E-state index in [-0.39, 0.29) is 18.0 Å². The number of ether oxygens (including phenoxy) is 1. The minimum absolute atomic E-state index is 0.0492. The molecule has 0 aliphatic carbocycles. The number of rotatable bonds is 3. The molecule has 1 aliphatic heterocycles. The standard InChI is InChI=1S/C14H18N2O3/c1-4-15-10(2)8-13(17)16(14(15)18)11-6-5-7-12(9-11)19-3/h5-7,9-10H,4,8H2,1-3H3. The summed E-state index contributed by atoms with van der Waals surface area (Å²) in [6, 6.07) is 6.67. The second kappa shape index (κ2) is 5.30. The van der Waals surface area contributed by atoms with Gasteiger partial charge in [0.15, 0.2) is 0 Å². The molecule has 3 amide bonds. The third-order valence-corrected chi connectivity index (χ3v) is 3.34. The van der Waals surface area contributed by atoms with Crippen molar-refractivity contribution in [3.8, 4) is 5.75 Å². The van der Waals surface area contributed by atoms with E-state index in [1.54, 1.807) is 36.3 Å². The van der Waals surface area contributed by atoms with Crippen molar-refractivity contribution in [2.75, 3.05) is 18.6 Å². The highest BCUT2D eigenvalue weighted by atomic mass is 16.5. The summed E-state index contributed by atoms with van der Waals surface area (Å²) in [6.45, 7) is 4.39. The predicted octanol–water partition coefficient (Wildman–Crippen LogP) is 2.26. The number of hydrogen-bond acceptors (Lipinski definition) is 3. The lowest BCUT2D eigenvalue weighted by atomic mass is 10.1. The maximum absolute atomic E-state index is 12.4. The van der Waals surface area contributed by atoms with Gasteiger partial charge in [0, 0.05) is 25.1 Å². The van der Waals surface area contributed by atoms with Gasteiger partial charge in [-0.2, -0.15) is 0 Å². The Labute approximate surface area is 112 Å². The number of imide groups is 1. The molecule has 1 fully saturated rings. The summed E-state index contributed by atoms with van der Waals surface area (Å²) in [5.74, 6) is 0.454. The Bertz CT molecular complexity index is 501. The molecule has 5 heteroatoms. The third kappa shape index (κ3) is 2.41. The number of amides is 3. The van der Waals surface area contributed by atoms with Crippen LogP contribution in [0.5, 0.6) is 5.75 Å². The van der Waals surface area contributed by atoms with Crippen molar-refractivity contribution in [1.82, 2.24) is 4.90 Å². The summed E-state index contributed by atoms with van der Waals surface area (Å²) >= 11 is 0. The van der Waals surface area contributed by atoms with Crippen LogP contribution in [0, 0.1) is 0 Å². The average molecular weight is 262 g/mol. The van der Waals surface area contributed by atoms with Gasteiger partial charge in [0.25, 0.3) is 0 Å². The van der Waals surface area contributed by atoms with Crippen LogP contribution in [0.1, 0.15) is 20.3 Å². The Morgan fingerprint density at radius 2 is 2.11 bits per heavy atom. The zero-order valence-corrected chi connectivity index (χ0v) is 11.4. The van der Waals surface area contributed by atoms with Gasteiger partial charge in [-0.05, 0) is 26.0 Å². The van der Waals surface area contributed by atoms with Gasteiger partial charge < -0.3 is 9.64 Å². The van der Waals surface area contributed by atoms with Crippen molar-refractivity contribution in [3.05, 3.63) is 24.3 Å². The molecule has 2 rings (SSSR count). The van der Waals surface area contributed by atoms with Crippen molar-refractivity contribution in [3.63, 3.8) is 0 Å². The quantitative estimate of drug-likeness (QED) is 0.839. The Balaban J connectivity index is 2.36. The van der Waals surface area contributed by atoms with Gasteiger partial charge in [0.2, 0.25) is 5.91 Å². The lowest BCUT2D eigenvalue weighted by Gasteiger charge is -2.38. The molecule has 0 radical (unpaired) electrons. The van der Waals surface area contributed by atoms with E-state index in [1.165, 1.54) is 4.90 Å². The van der Waals surface area contributed by atoms with Gasteiger partial charge in [-0.25, -0.2) is 9.69 Å². The van der Waals surface area contributed by atoms with Gasteiger partial charge in [0.1, 0.15) is 5.75 Å². The minimum atomic E-state index is -0.264. The fourth-order valence-corrected chi connectivity index (χ4v) is 2.33. The molecular weight excluding hydrogens is 244 g/mol. The van der Waals surface area contributed by atoms with Gasteiger partial charge in [-0.3, -0.25) is 4.79 Å². The molecule has 1 unspecified atom stereocenters. The van der Waals surface area contributed by atoms with Gasteiger partial charge in [-0.1, -0.05) is 6.07 Å². The number of nitrogens with zero attached hydrogens (tertiary/aromatic N) is 2. The zero-order chi connectivity index (χ0) is 14.0. The Hall–Kier alpha value is -2.04. The number of hydrogen-bond donors (Lipinski definition) is 0. The van der Waals surface area contributed by atoms with Gasteiger partial charge in [-0.15, -0.1) is 0 Å². The summed E-state index contributed by atoms with van der Waals surface area (Å²) < 4.78 is 5.13. The van der Waals surface area contributed by atoms with Gasteiger partial charge in [0.05, 0.1) is 12.8 Å². The van der Waals surface area contributed by atoms with Crippen LogP contribution in [0.4, 0.5) is 10.5 Å². The number of carbonyl (C=O) groups is 2. The first-order valence-electron chi connectivity index (χ1n) is 6.36. The van der Waals surface area contributed by atoms with E-state index in [4.69, 9.17) is 4.74 Å². The summed E-state index contributed by atoms with van der Waals surface area (Å²) in [7, 11) is 1.55. The molecule has 1 heterocycles. The molecule has 1 aromatic carbocycles. The highest BCUT2D eigenvalue weighted by molar-refractivity contribution is 6.16. The first-order valence-corrected chi connectivity index (χ1v) is 6.36. The molecular formula is C14H18N2O3. The molecule has 0 saturated carbocycles. The van der Waals surface area contributed by atoms with Crippen molar-refractivity contribution < 1.29 is 14.3 Å². The highest BCUT2D eigenvalue weighted by Gasteiger charge is 2.36. The zero-order valence-electron chi connectivity index (χ0n) is 11.4. The van der Waals surface area contributed by atoms with E-state index in [9.17, 15) is 9.59 Å². The normalized spacial score (nSPS) is 19.8. The van der Waals surface area contributed by atoms with Crippen molar-refractivity contribution in [1.29, 1.82) is 0 Å². The number of urea groups is 1. The van der Waals surface area contributed by atoms with Crippen LogP contribution in [0.15, 0.2) is 24.3 Å². The molecule has 1 saturated heterocycles. The molecule has 5 nitrogen and oxygen atoms in total. The molecule has 1 aliphatic rings. The SMILES string of the molecule is CCN1C(=O)N(c2cccc(OC)c2)C(=O)CC1C. The highest BCUT2D eigenvalue weighted by Crippen LogP contribution is 2.26. The van der Waals surface area contributed by atoms with Crippen molar-refractivity contribution >= 4 is 17.6 Å². The Morgan fingerprint density at radius 1 is 1.37 bits per heavy atom. The monoisotopic (exact) mass is 262 g/mol. The molecule has 1 atom stereocenters. The average Bonchev–Trinajstić information content (AvgIpc) is 2.39. The molecule has 0 N–H and O–H groups in total. The number of anilines is 1. The van der Waals surface area contributed by atoms with Crippen LogP contribution in [0.25, 0.3) is 0 Å². The summed E-state index contributed by atoms with van der Waals surface area (Å²) in [6.07, 6.45) is 0.344. The maximum atomic E-state index is 12.4. The van der Waals surface area contributed by atoms with E-state index >= 15 is 0 Å². The first kappa shape index (κ1) is 13.4. The van der Waals surface area contributed by atoms with Crippen LogP contribution in [-0.2, 0) is 4.79 Å². The van der Waals surface area contributed by atoms with Crippen molar-refractivity contribution in [2.24, 2.45) is 0 Å². The lowest BCUT2D eigenvalue weighted by Crippen LogP contribution is -2.56. The van der Waals surface area contributed by atoms with E-state index < -0.39 is 0 Å². The molecule has 1 aromatic rings. The summed E-state index contributed by atoms with van der Waals surface area (Å²) in [5.41, 5.74) is 0.555. The van der Waals surface area contributed by atoms with E-state index in [0.717, 1.165) is 0 Å². The fourth-order valence-electron chi connectivity index (χ4n) is 2.33. The first-order chi connectivity index (χ1) is 9.08. The topological polar surface area (TPSA) is 49.9 Å². The largest absolute Gasteiger partial charge is 0.497 e. The minimum Gasteiger partial charge on any atom is -0.497 e. The van der Waals surface area contributed by atoms with E-state index in [1.807, 2.05) is 13.8 Å². The van der Waals surface area contributed by atoms with Gasteiger partial charge >= 0.3 is 6.03 Å². The molecule has 102 valence electrons. The Kier molecular flexibility index (Phi) is 3.74. The van der Waals surface area contributed by atoms with E-state index in [0.29, 0.717) is 24.4 Å². The van der Waals surface area contributed by atoms with Crippen LogP contribution in [0.2, 0.25) is 0 Å². The number of carbonyl (C=O) groups excluding carboxylic acids is 2. The van der Waals surface area contributed by atoms with Crippen LogP contribution >= 0.6 is 0 Å². The van der Waals surface area contributed by atoms with Crippen molar-refractivity contribution in [2.45, 2.75) is 26.3 Å². The van der Waals surface area contributed by atoms with Crippen LogP contribution < -0.4 is 9.64 Å². The lowest BCUT2D eigenvalue weighted by molar-refractivity contribution is -0.120. The second-order valence-corrected chi connectivity index (χ2v) is 4.55. The maximum Gasteiger partial charge on any atom is 0.331 e. The smallest absolute Gasteiger partial charge is 0.331 e. The summed E-state index contributed by atoms with van der Waals surface area (Å²) in [4.78, 5) is 27.4. The predicted molar refractivity (Wildman–Crippen MR) is 72.3 cm³/mol. The second-order valence-electron chi connectivity index (χ2n) is 4.55. The number of benzene rings is 1. The summed E-state index contributed by atoms with van der Waals surface area (Å²) in [5, 5.41) is 0. The molecule has 0 bridgehead atoms. The van der Waals surface area contributed by atoms with Crippen LogP contribution in [-0.4, -0.2) is 36.5 Å². The molecule has 0 spiro atoms. The molecule has 0 aromatic heterocycles. The fraction of sp³-hybridized carbons (Fsp3) is 0.429. The Morgan fingerprint density at radius 3 is 2.74 bits per heavy atom. The molecule has 19 heavy (non-hydrogen) atoms.